The summed E-state index contributed by atoms with van der Waals surface area (Å²) in [6, 6.07) is 11.5. The van der Waals surface area contributed by atoms with Crippen molar-refractivity contribution in [2.24, 2.45) is 4.99 Å². The van der Waals surface area contributed by atoms with Gasteiger partial charge in [-0.1, -0.05) is 13.0 Å². The van der Waals surface area contributed by atoms with Crippen LogP contribution in [0.2, 0.25) is 0 Å². The maximum absolute atomic E-state index is 9.40. The Balaban J connectivity index is 2.01. The molecule has 0 radical (unpaired) electrons. The molecule has 2 aromatic carbocycles. The average molecular weight is 348 g/mol. The average Bonchev–Trinajstić information content (AvgIpc) is 2.58. The van der Waals surface area contributed by atoms with Crippen LogP contribution in [0.15, 0.2) is 47.5 Å². The molecule has 0 atom stereocenters. The molecule has 0 aliphatic carbocycles. The van der Waals surface area contributed by atoms with Gasteiger partial charge in [-0.05, 0) is 87.2 Å². The van der Waals surface area contributed by atoms with E-state index < -0.39 is 0 Å². The molecule has 26 heavy (non-hydrogen) atoms. The number of phenolic OH excluding ortho intramolecular Hbond substituents is 1. The quantitative estimate of drug-likeness (QED) is 0.702. The SMILES string of the molecule is CCCN1c2cc(C)c(C=Nc3ccc(O)cc3)cc2C(C)=CC1(C)C. The Bertz CT molecular complexity index is 861. The highest BCUT2D eigenvalue weighted by atomic mass is 16.3. The Morgan fingerprint density at radius 2 is 1.81 bits per heavy atom. The first-order chi connectivity index (χ1) is 12.3. The minimum absolute atomic E-state index is 0.0289. The van der Waals surface area contributed by atoms with Crippen LogP contribution in [0.25, 0.3) is 5.57 Å². The largest absolute Gasteiger partial charge is 0.508 e. The van der Waals surface area contributed by atoms with Crippen LogP contribution in [0.1, 0.15) is 50.8 Å². The molecule has 136 valence electrons. The molecule has 0 bridgehead atoms. The van der Waals surface area contributed by atoms with Gasteiger partial charge in [-0.15, -0.1) is 0 Å². The number of aromatic hydroxyl groups is 1. The van der Waals surface area contributed by atoms with E-state index in [1.54, 1.807) is 12.1 Å². The summed E-state index contributed by atoms with van der Waals surface area (Å²) in [5.41, 5.74) is 7.13. The summed E-state index contributed by atoms with van der Waals surface area (Å²) in [5.74, 6) is 0.258. The molecule has 0 saturated carbocycles. The van der Waals surface area contributed by atoms with Crippen LogP contribution in [0, 0.1) is 6.92 Å². The van der Waals surface area contributed by atoms with Gasteiger partial charge in [-0.2, -0.15) is 0 Å². The number of phenols is 1. The lowest BCUT2D eigenvalue weighted by Crippen LogP contribution is -2.45. The zero-order chi connectivity index (χ0) is 18.9. The van der Waals surface area contributed by atoms with Crippen molar-refractivity contribution in [3.8, 4) is 5.75 Å². The van der Waals surface area contributed by atoms with Crippen molar-refractivity contribution in [1.29, 1.82) is 0 Å². The highest BCUT2D eigenvalue weighted by Gasteiger charge is 2.30. The molecule has 1 aliphatic rings. The van der Waals surface area contributed by atoms with Gasteiger partial charge in [-0.3, -0.25) is 4.99 Å². The summed E-state index contributed by atoms with van der Waals surface area (Å²) in [5, 5.41) is 9.40. The monoisotopic (exact) mass is 348 g/mol. The predicted octanol–water partition coefficient (Wildman–Crippen LogP) is 5.86. The summed E-state index contributed by atoms with van der Waals surface area (Å²) in [6.45, 7) is 12.2. The fraction of sp³-hybridized carbons (Fsp3) is 0.348. The van der Waals surface area contributed by atoms with Gasteiger partial charge in [0.15, 0.2) is 0 Å². The third kappa shape index (κ3) is 3.52. The van der Waals surface area contributed by atoms with Crippen molar-refractivity contribution < 1.29 is 5.11 Å². The molecule has 1 aliphatic heterocycles. The van der Waals surface area contributed by atoms with E-state index in [-0.39, 0.29) is 11.3 Å². The molecule has 1 N–H and O–H groups in total. The first kappa shape index (κ1) is 18.2. The first-order valence-electron chi connectivity index (χ1n) is 9.27. The summed E-state index contributed by atoms with van der Waals surface area (Å²) >= 11 is 0. The van der Waals surface area contributed by atoms with E-state index in [1.165, 1.54) is 22.4 Å². The second-order valence-electron chi connectivity index (χ2n) is 7.63. The molecule has 2 aromatic rings. The van der Waals surface area contributed by atoms with Crippen molar-refractivity contribution in [3.05, 3.63) is 59.2 Å². The Morgan fingerprint density at radius 1 is 1.12 bits per heavy atom. The third-order valence-electron chi connectivity index (χ3n) is 5.02. The lowest BCUT2D eigenvalue weighted by atomic mass is 9.87. The lowest BCUT2D eigenvalue weighted by Gasteiger charge is -2.43. The fourth-order valence-corrected chi connectivity index (χ4v) is 3.70. The predicted molar refractivity (Wildman–Crippen MR) is 112 cm³/mol. The van der Waals surface area contributed by atoms with Gasteiger partial charge < -0.3 is 10.0 Å². The van der Waals surface area contributed by atoms with E-state index in [0.717, 1.165) is 24.2 Å². The minimum Gasteiger partial charge on any atom is -0.508 e. The van der Waals surface area contributed by atoms with Gasteiger partial charge >= 0.3 is 0 Å². The number of aliphatic imine (C=N–C) groups is 1. The van der Waals surface area contributed by atoms with E-state index in [2.05, 4.69) is 62.7 Å². The molecule has 0 aromatic heterocycles. The van der Waals surface area contributed by atoms with Crippen LogP contribution in [0.3, 0.4) is 0 Å². The number of fused-ring (bicyclic) bond motifs is 1. The Labute approximate surface area is 156 Å². The van der Waals surface area contributed by atoms with Crippen molar-refractivity contribution in [2.75, 3.05) is 11.4 Å². The number of anilines is 1. The van der Waals surface area contributed by atoms with E-state index in [1.807, 2.05) is 18.3 Å². The minimum atomic E-state index is 0.0289. The van der Waals surface area contributed by atoms with Crippen LogP contribution >= 0.6 is 0 Å². The zero-order valence-electron chi connectivity index (χ0n) is 16.4. The zero-order valence-corrected chi connectivity index (χ0v) is 16.4. The second-order valence-corrected chi connectivity index (χ2v) is 7.63. The number of hydrogen-bond donors (Lipinski definition) is 1. The van der Waals surface area contributed by atoms with Gasteiger partial charge in [0, 0.05) is 24.0 Å². The molecule has 1 heterocycles. The van der Waals surface area contributed by atoms with Gasteiger partial charge in [-0.25, -0.2) is 0 Å². The van der Waals surface area contributed by atoms with Crippen molar-refractivity contribution in [1.82, 2.24) is 0 Å². The summed E-state index contributed by atoms with van der Waals surface area (Å²) < 4.78 is 0. The fourth-order valence-electron chi connectivity index (χ4n) is 3.70. The molecular weight excluding hydrogens is 320 g/mol. The standard InChI is InChI=1S/C23H28N2O/c1-6-11-25-22-12-16(2)18(13-21(22)17(3)14-23(25,4)5)15-24-19-7-9-20(26)10-8-19/h7-10,12-15,26H,6,11H2,1-5H3. The molecule has 0 spiro atoms. The van der Waals surface area contributed by atoms with Crippen LogP contribution in [0.5, 0.6) is 5.75 Å². The van der Waals surface area contributed by atoms with Crippen LogP contribution in [-0.2, 0) is 0 Å². The van der Waals surface area contributed by atoms with Gasteiger partial charge in [0.2, 0.25) is 0 Å². The molecule has 3 heteroatoms. The molecule has 3 rings (SSSR count). The third-order valence-corrected chi connectivity index (χ3v) is 5.02. The topological polar surface area (TPSA) is 35.8 Å². The van der Waals surface area contributed by atoms with Gasteiger partial charge in [0.1, 0.15) is 5.75 Å². The van der Waals surface area contributed by atoms with Crippen molar-refractivity contribution >= 4 is 23.2 Å². The number of nitrogens with zero attached hydrogens (tertiary/aromatic N) is 2. The van der Waals surface area contributed by atoms with Crippen molar-refractivity contribution in [2.45, 2.75) is 46.6 Å². The number of aryl methyl sites for hydroxylation is 1. The number of allylic oxidation sites excluding steroid dienone is 1. The highest BCUT2D eigenvalue weighted by Crippen LogP contribution is 2.40. The highest BCUT2D eigenvalue weighted by molar-refractivity contribution is 5.90. The van der Waals surface area contributed by atoms with Gasteiger partial charge in [0.05, 0.1) is 11.2 Å². The Hall–Kier alpha value is -2.55. The van der Waals surface area contributed by atoms with Crippen LogP contribution < -0.4 is 4.90 Å². The van der Waals surface area contributed by atoms with E-state index in [0.29, 0.717) is 0 Å². The Kier molecular flexibility index (Phi) is 4.90. The van der Waals surface area contributed by atoms with Gasteiger partial charge in [0.25, 0.3) is 0 Å². The summed E-state index contributed by atoms with van der Waals surface area (Å²) in [4.78, 5) is 7.07. The smallest absolute Gasteiger partial charge is 0.115 e. The first-order valence-corrected chi connectivity index (χ1v) is 9.27. The summed E-state index contributed by atoms with van der Waals surface area (Å²) in [7, 11) is 0. The van der Waals surface area contributed by atoms with Crippen LogP contribution in [-0.4, -0.2) is 23.4 Å². The van der Waals surface area contributed by atoms with E-state index >= 15 is 0 Å². The Morgan fingerprint density at radius 3 is 2.46 bits per heavy atom. The maximum Gasteiger partial charge on any atom is 0.115 e. The molecule has 3 nitrogen and oxygen atoms in total. The summed E-state index contributed by atoms with van der Waals surface area (Å²) in [6.07, 6.45) is 5.40. The molecular formula is C23H28N2O. The molecule has 0 saturated heterocycles. The van der Waals surface area contributed by atoms with Crippen molar-refractivity contribution in [3.63, 3.8) is 0 Å². The molecule has 0 fully saturated rings. The number of rotatable bonds is 4. The molecule has 0 unspecified atom stereocenters. The second kappa shape index (κ2) is 6.99. The van der Waals surface area contributed by atoms with Crippen LogP contribution in [0.4, 0.5) is 11.4 Å². The lowest BCUT2D eigenvalue weighted by molar-refractivity contribution is 0.475. The normalized spacial score (nSPS) is 15.9. The number of benzene rings is 2. The number of hydrogen-bond acceptors (Lipinski definition) is 3. The molecule has 0 amide bonds. The van der Waals surface area contributed by atoms with E-state index in [9.17, 15) is 5.11 Å². The van der Waals surface area contributed by atoms with E-state index in [4.69, 9.17) is 0 Å². The maximum atomic E-state index is 9.40.